The van der Waals surface area contributed by atoms with Crippen molar-refractivity contribution in [3.05, 3.63) is 42.9 Å². The molecule has 0 aliphatic heterocycles. The Hall–Kier alpha value is -2.96. The standard InChI is InChI=1S/C16H15N5O2/c22-16(23)19-11-5-12(6-11)21-9-10(7-18-21)15-8-17-13-3-1-2-4-14(13)20-15/h1-4,7-9,11-12,19H,5-6H2,(H,22,23). The first-order valence-electron chi connectivity index (χ1n) is 7.45. The van der Waals surface area contributed by atoms with E-state index >= 15 is 0 Å². The molecule has 7 heteroatoms. The molecular formula is C16H15N5O2. The number of para-hydroxylation sites is 2. The molecule has 2 aromatic heterocycles. The number of fused-ring (bicyclic) bond motifs is 1. The monoisotopic (exact) mass is 309 g/mol. The van der Waals surface area contributed by atoms with Crippen molar-refractivity contribution in [2.24, 2.45) is 0 Å². The second kappa shape index (κ2) is 5.35. The van der Waals surface area contributed by atoms with Crippen LogP contribution in [0, 0.1) is 0 Å². The van der Waals surface area contributed by atoms with E-state index in [1.54, 1.807) is 12.4 Å². The van der Waals surface area contributed by atoms with Crippen molar-refractivity contribution < 1.29 is 9.90 Å². The second-order valence-corrected chi connectivity index (χ2v) is 5.72. The summed E-state index contributed by atoms with van der Waals surface area (Å²) in [7, 11) is 0. The van der Waals surface area contributed by atoms with Gasteiger partial charge in [0.1, 0.15) is 0 Å². The Bertz CT molecular complexity index is 870. The minimum Gasteiger partial charge on any atom is -0.465 e. The summed E-state index contributed by atoms with van der Waals surface area (Å²) in [5.74, 6) is 0. The lowest BCUT2D eigenvalue weighted by Gasteiger charge is -2.34. The number of hydrogen-bond donors (Lipinski definition) is 2. The maximum Gasteiger partial charge on any atom is 0.404 e. The van der Waals surface area contributed by atoms with Gasteiger partial charge in [-0.25, -0.2) is 9.78 Å². The van der Waals surface area contributed by atoms with Crippen LogP contribution in [-0.2, 0) is 0 Å². The number of amides is 1. The molecule has 0 bridgehead atoms. The van der Waals surface area contributed by atoms with E-state index < -0.39 is 6.09 Å². The third-order valence-electron chi connectivity index (χ3n) is 4.16. The molecule has 0 radical (unpaired) electrons. The SMILES string of the molecule is O=C(O)NC1CC(n2cc(-c3cnc4ccccc4n3)cn2)C1. The lowest BCUT2D eigenvalue weighted by molar-refractivity contribution is 0.163. The van der Waals surface area contributed by atoms with E-state index in [1.165, 1.54) is 0 Å². The molecule has 1 aliphatic rings. The summed E-state index contributed by atoms with van der Waals surface area (Å²) >= 11 is 0. The molecule has 1 fully saturated rings. The van der Waals surface area contributed by atoms with Crippen LogP contribution in [0.5, 0.6) is 0 Å². The van der Waals surface area contributed by atoms with E-state index in [-0.39, 0.29) is 12.1 Å². The van der Waals surface area contributed by atoms with Gasteiger partial charge in [-0.3, -0.25) is 9.67 Å². The highest BCUT2D eigenvalue weighted by Gasteiger charge is 2.32. The number of carbonyl (C=O) groups is 1. The fourth-order valence-electron chi connectivity index (χ4n) is 2.86. The zero-order valence-corrected chi connectivity index (χ0v) is 12.3. The van der Waals surface area contributed by atoms with Crippen LogP contribution >= 0.6 is 0 Å². The van der Waals surface area contributed by atoms with Gasteiger partial charge in [-0.1, -0.05) is 12.1 Å². The van der Waals surface area contributed by atoms with Crippen molar-refractivity contribution in [1.82, 2.24) is 25.1 Å². The zero-order valence-electron chi connectivity index (χ0n) is 12.3. The summed E-state index contributed by atoms with van der Waals surface area (Å²) in [6.07, 6.45) is 6.02. The molecule has 0 saturated heterocycles. The Balaban J connectivity index is 1.52. The third-order valence-corrected chi connectivity index (χ3v) is 4.16. The maximum absolute atomic E-state index is 10.6. The molecule has 1 amide bonds. The molecule has 2 N–H and O–H groups in total. The van der Waals surface area contributed by atoms with Gasteiger partial charge in [0.2, 0.25) is 0 Å². The van der Waals surface area contributed by atoms with E-state index in [2.05, 4.69) is 20.4 Å². The highest BCUT2D eigenvalue weighted by atomic mass is 16.4. The van der Waals surface area contributed by atoms with Crippen LogP contribution in [0.25, 0.3) is 22.3 Å². The van der Waals surface area contributed by atoms with E-state index in [1.807, 2.05) is 35.1 Å². The smallest absolute Gasteiger partial charge is 0.404 e. The number of nitrogens with zero attached hydrogens (tertiary/aromatic N) is 4. The minimum atomic E-state index is -0.971. The molecule has 0 spiro atoms. The van der Waals surface area contributed by atoms with Crippen LogP contribution in [-0.4, -0.2) is 37.0 Å². The van der Waals surface area contributed by atoms with Gasteiger partial charge in [0.25, 0.3) is 0 Å². The summed E-state index contributed by atoms with van der Waals surface area (Å²) in [6.45, 7) is 0. The van der Waals surface area contributed by atoms with Crippen molar-refractivity contribution in [3.8, 4) is 11.3 Å². The molecule has 116 valence electrons. The van der Waals surface area contributed by atoms with E-state index in [0.717, 1.165) is 35.1 Å². The molecule has 1 aliphatic carbocycles. The van der Waals surface area contributed by atoms with Crippen molar-refractivity contribution in [2.45, 2.75) is 24.9 Å². The summed E-state index contributed by atoms with van der Waals surface area (Å²) < 4.78 is 1.88. The summed E-state index contributed by atoms with van der Waals surface area (Å²) in [4.78, 5) is 19.6. The molecule has 2 heterocycles. The summed E-state index contributed by atoms with van der Waals surface area (Å²) in [5.41, 5.74) is 3.42. The van der Waals surface area contributed by atoms with Crippen LogP contribution in [0.1, 0.15) is 18.9 Å². The van der Waals surface area contributed by atoms with Crippen molar-refractivity contribution in [2.75, 3.05) is 0 Å². The van der Waals surface area contributed by atoms with Gasteiger partial charge in [0, 0.05) is 17.8 Å². The third kappa shape index (κ3) is 2.61. The Morgan fingerprint density at radius 3 is 2.78 bits per heavy atom. The van der Waals surface area contributed by atoms with Crippen molar-refractivity contribution in [1.29, 1.82) is 0 Å². The quantitative estimate of drug-likeness (QED) is 0.775. The van der Waals surface area contributed by atoms with Crippen LogP contribution in [0.3, 0.4) is 0 Å². The maximum atomic E-state index is 10.6. The topological polar surface area (TPSA) is 92.9 Å². The highest BCUT2D eigenvalue weighted by molar-refractivity contribution is 5.76. The molecule has 4 rings (SSSR count). The average molecular weight is 309 g/mol. The van der Waals surface area contributed by atoms with E-state index in [9.17, 15) is 4.79 Å². The molecule has 1 saturated carbocycles. The fourth-order valence-corrected chi connectivity index (χ4v) is 2.86. The molecule has 3 aromatic rings. The molecule has 0 unspecified atom stereocenters. The lowest BCUT2D eigenvalue weighted by Crippen LogP contribution is -2.44. The minimum absolute atomic E-state index is 0.0191. The predicted octanol–water partition coefficient (Wildman–Crippen LogP) is 2.46. The first-order chi connectivity index (χ1) is 11.2. The van der Waals surface area contributed by atoms with E-state index in [0.29, 0.717) is 0 Å². The lowest BCUT2D eigenvalue weighted by atomic mass is 9.87. The normalized spacial score (nSPS) is 20.2. The Morgan fingerprint density at radius 2 is 2.00 bits per heavy atom. The number of rotatable bonds is 3. The number of aromatic nitrogens is 4. The average Bonchev–Trinajstić information content (AvgIpc) is 2.99. The number of nitrogens with one attached hydrogen (secondary N) is 1. The molecule has 7 nitrogen and oxygen atoms in total. The zero-order chi connectivity index (χ0) is 15.8. The fraction of sp³-hybridized carbons (Fsp3) is 0.250. The van der Waals surface area contributed by atoms with Crippen LogP contribution in [0.15, 0.2) is 42.9 Å². The molecule has 23 heavy (non-hydrogen) atoms. The highest BCUT2D eigenvalue weighted by Crippen LogP contribution is 2.32. The van der Waals surface area contributed by atoms with Crippen molar-refractivity contribution >= 4 is 17.1 Å². The largest absolute Gasteiger partial charge is 0.465 e. The van der Waals surface area contributed by atoms with E-state index in [4.69, 9.17) is 5.11 Å². The number of carboxylic acid groups (broad SMARTS) is 1. The van der Waals surface area contributed by atoms with Crippen LogP contribution in [0.2, 0.25) is 0 Å². The van der Waals surface area contributed by atoms with Gasteiger partial charge < -0.3 is 10.4 Å². The first kappa shape index (κ1) is 13.7. The van der Waals surface area contributed by atoms with Gasteiger partial charge in [0.15, 0.2) is 0 Å². The number of hydrogen-bond acceptors (Lipinski definition) is 4. The van der Waals surface area contributed by atoms with Gasteiger partial charge in [-0.05, 0) is 25.0 Å². The summed E-state index contributed by atoms with van der Waals surface area (Å²) in [6, 6.07) is 7.99. The number of benzene rings is 1. The van der Waals surface area contributed by atoms with Gasteiger partial charge in [0.05, 0.1) is 35.2 Å². The van der Waals surface area contributed by atoms with Gasteiger partial charge in [-0.15, -0.1) is 0 Å². The van der Waals surface area contributed by atoms with Crippen LogP contribution < -0.4 is 5.32 Å². The van der Waals surface area contributed by atoms with Gasteiger partial charge >= 0.3 is 6.09 Å². The Morgan fingerprint density at radius 1 is 1.22 bits per heavy atom. The summed E-state index contributed by atoms with van der Waals surface area (Å²) in [5, 5.41) is 15.6. The molecular weight excluding hydrogens is 294 g/mol. The van der Waals surface area contributed by atoms with Crippen molar-refractivity contribution in [3.63, 3.8) is 0 Å². The van der Waals surface area contributed by atoms with Gasteiger partial charge in [-0.2, -0.15) is 5.10 Å². The second-order valence-electron chi connectivity index (χ2n) is 5.72. The Kier molecular flexibility index (Phi) is 3.18. The Labute approximate surface area is 132 Å². The predicted molar refractivity (Wildman–Crippen MR) is 84.0 cm³/mol. The molecule has 0 atom stereocenters. The van der Waals surface area contributed by atoms with Crippen LogP contribution in [0.4, 0.5) is 4.79 Å². The molecule has 1 aromatic carbocycles. The first-order valence-corrected chi connectivity index (χ1v) is 7.45.